The Morgan fingerprint density at radius 1 is 1.63 bits per heavy atom. The van der Waals surface area contributed by atoms with E-state index in [1.54, 1.807) is 6.08 Å². The number of hydrogen-bond acceptors (Lipinski definition) is 3. The summed E-state index contributed by atoms with van der Waals surface area (Å²) in [4.78, 5) is 11.8. The molecule has 102 valence electrons. The second kappa shape index (κ2) is 8.11. The Morgan fingerprint density at radius 2 is 2.42 bits per heavy atom. The molecule has 0 aliphatic rings. The van der Waals surface area contributed by atoms with Gasteiger partial charge in [-0.2, -0.15) is 5.26 Å². The molecule has 0 saturated heterocycles. The highest BCUT2D eigenvalue weighted by Crippen LogP contribution is 2.06. The van der Waals surface area contributed by atoms with E-state index in [2.05, 4.69) is 5.32 Å². The van der Waals surface area contributed by atoms with Gasteiger partial charge in [0.05, 0.1) is 0 Å². The molecule has 0 aliphatic heterocycles. The zero-order chi connectivity index (χ0) is 14.1. The van der Waals surface area contributed by atoms with Gasteiger partial charge < -0.3 is 14.6 Å². The molecule has 1 aromatic rings. The van der Waals surface area contributed by atoms with Crippen molar-refractivity contribution in [2.24, 2.45) is 7.05 Å². The minimum atomic E-state index is -0.347. The maximum atomic E-state index is 11.8. The molecule has 1 rings (SSSR count). The number of aryl methyl sites for hydroxylation is 1. The SMILES string of the molecule is CCOCCCNC(=O)/C(C#N)=C/c1cccn1C. The van der Waals surface area contributed by atoms with Crippen LogP contribution in [0.4, 0.5) is 0 Å². The van der Waals surface area contributed by atoms with Crippen molar-refractivity contribution in [2.75, 3.05) is 19.8 Å². The third-order valence-corrected chi connectivity index (χ3v) is 2.60. The van der Waals surface area contributed by atoms with Crippen LogP contribution in [0.3, 0.4) is 0 Å². The predicted octanol–water partition coefficient (Wildman–Crippen LogP) is 1.47. The van der Waals surface area contributed by atoms with Crippen LogP contribution in [0, 0.1) is 11.3 Å². The fraction of sp³-hybridized carbons (Fsp3) is 0.429. The molecule has 0 atom stereocenters. The topological polar surface area (TPSA) is 67.0 Å². The summed E-state index contributed by atoms with van der Waals surface area (Å²) in [6, 6.07) is 5.63. The quantitative estimate of drug-likeness (QED) is 0.459. The smallest absolute Gasteiger partial charge is 0.262 e. The number of hydrogen-bond donors (Lipinski definition) is 1. The van der Waals surface area contributed by atoms with E-state index in [-0.39, 0.29) is 11.5 Å². The molecule has 0 aromatic carbocycles. The summed E-state index contributed by atoms with van der Waals surface area (Å²) in [6.45, 7) is 3.71. The summed E-state index contributed by atoms with van der Waals surface area (Å²) in [5, 5.41) is 11.7. The van der Waals surface area contributed by atoms with Crippen LogP contribution in [0.15, 0.2) is 23.9 Å². The third kappa shape index (κ3) is 4.98. The maximum absolute atomic E-state index is 11.8. The van der Waals surface area contributed by atoms with Crippen LogP contribution in [0.25, 0.3) is 6.08 Å². The van der Waals surface area contributed by atoms with Gasteiger partial charge in [-0.3, -0.25) is 4.79 Å². The van der Waals surface area contributed by atoms with Gasteiger partial charge in [0, 0.05) is 38.7 Å². The lowest BCUT2D eigenvalue weighted by atomic mass is 10.2. The molecule has 5 heteroatoms. The molecule has 0 saturated carbocycles. The molecule has 1 aromatic heterocycles. The summed E-state index contributed by atoms with van der Waals surface area (Å²) in [6.07, 6.45) is 4.18. The largest absolute Gasteiger partial charge is 0.382 e. The minimum Gasteiger partial charge on any atom is -0.382 e. The summed E-state index contributed by atoms with van der Waals surface area (Å²) < 4.78 is 7.02. The number of carbonyl (C=O) groups excluding carboxylic acids is 1. The molecule has 5 nitrogen and oxygen atoms in total. The Bertz CT molecular complexity index is 483. The number of rotatable bonds is 7. The van der Waals surface area contributed by atoms with Gasteiger partial charge in [0.25, 0.3) is 5.91 Å². The van der Waals surface area contributed by atoms with E-state index in [9.17, 15) is 4.79 Å². The maximum Gasteiger partial charge on any atom is 0.262 e. The van der Waals surface area contributed by atoms with Gasteiger partial charge in [-0.15, -0.1) is 0 Å². The zero-order valence-electron chi connectivity index (χ0n) is 11.3. The van der Waals surface area contributed by atoms with Crippen LogP contribution in [0.5, 0.6) is 0 Å². The van der Waals surface area contributed by atoms with Gasteiger partial charge in [0.1, 0.15) is 11.6 Å². The molecule has 0 aliphatic carbocycles. The minimum absolute atomic E-state index is 0.109. The van der Waals surface area contributed by atoms with Gasteiger partial charge in [0.2, 0.25) is 0 Å². The van der Waals surface area contributed by atoms with Crippen LogP contribution in [0.1, 0.15) is 19.0 Å². The van der Waals surface area contributed by atoms with E-state index in [4.69, 9.17) is 10.00 Å². The third-order valence-electron chi connectivity index (χ3n) is 2.60. The molecule has 19 heavy (non-hydrogen) atoms. The van der Waals surface area contributed by atoms with Crippen LogP contribution < -0.4 is 5.32 Å². The highest BCUT2D eigenvalue weighted by Gasteiger charge is 2.08. The first-order chi connectivity index (χ1) is 9.19. The van der Waals surface area contributed by atoms with E-state index in [1.165, 1.54) is 0 Å². The molecule has 0 unspecified atom stereocenters. The van der Waals surface area contributed by atoms with E-state index in [0.717, 1.165) is 12.1 Å². The van der Waals surface area contributed by atoms with Crippen molar-refractivity contribution in [2.45, 2.75) is 13.3 Å². The highest BCUT2D eigenvalue weighted by atomic mass is 16.5. The van der Waals surface area contributed by atoms with E-state index >= 15 is 0 Å². The normalized spacial score (nSPS) is 11.1. The number of ether oxygens (including phenoxy) is 1. The molecular weight excluding hydrogens is 242 g/mol. The Morgan fingerprint density at radius 3 is 3.00 bits per heavy atom. The molecule has 1 amide bonds. The fourth-order valence-electron chi connectivity index (χ4n) is 1.54. The van der Waals surface area contributed by atoms with Crippen molar-refractivity contribution in [3.63, 3.8) is 0 Å². The Hall–Kier alpha value is -2.06. The van der Waals surface area contributed by atoms with Gasteiger partial charge >= 0.3 is 0 Å². The lowest BCUT2D eigenvalue weighted by Gasteiger charge is -2.04. The molecular formula is C14H19N3O2. The number of amides is 1. The van der Waals surface area contributed by atoms with Crippen molar-refractivity contribution >= 4 is 12.0 Å². The van der Waals surface area contributed by atoms with Crippen LogP contribution in [-0.4, -0.2) is 30.2 Å². The Labute approximate surface area is 113 Å². The van der Waals surface area contributed by atoms with Crippen molar-refractivity contribution in [3.8, 4) is 6.07 Å². The lowest BCUT2D eigenvalue weighted by Crippen LogP contribution is -2.26. The Kier molecular flexibility index (Phi) is 6.41. The molecule has 0 radical (unpaired) electrons. The first-order valence-electron chi connectivity index (χ1n) is 6.28. The van der Waals surface area contributed by atoms with Gasteiger partial charge in [-0.25, -0.2) is 0 Å². The number of nitriles is 1. The van der Waals surface area contributed by atoms with Crippen molar-refractivity contribution in [1.82, 2.24) is 9.88 Å². The highest BCUT2D eigenvalue weighted by molar-refractivity contribution is 6.01. The first-order valence-corrected chi connectivity index (χ1v) is 6.28. The van der Waals surface area contributed by atoms with Crippen LogP contribution in [0.2, 0.25) is 0 Å². The second-order valence-electron chi connectivity index (χ2n) is 4.02. The fourth-order valence-corrected chi connectivity index (χ4v) is 1.54. The summed E-state index contributed by atoms with van der Waals surface area (Å²) in [5.41, 5.74) is 0.930. The molecule has 1 N–H and O–H groups in total. The number of carbonyl (C=O) groups is 1. The summed E-state index contributed by atoms with van der Waals surface area (Å²) in [5.74, 6) is -0.347. The Balaban J connectivity index is 2.51. The van der Waals surface area contributed by atoms with E-state index < -0.39 is 0 Å². The average Bonchev–Trinajstić information content (AvgIpc) is 2.81. The lowest BCUT2D eigenvalue weighted by molar-refractivity contribution is -0.117. The molecule has 0 spiro atoms. The van der Waals surface area contributed by atoms with Gasteiger partial charge in [-0.1, -0.05) is 0 Å². The summed E-state index contributed by atoms with van der Waals surface area (Å²) in [7, 11) is 1.86. The van der Waals surface area contributed by atoms with Crippen molar-refractivity contribution in [3.05, 3.63) is 29.6 Å². The standard InChI is InChI=1S/C14H19N3O2/c1-3-19-9-5-7-16-14(18)12(11-15)10-13-6-4-8-17(13)2/h4,6,8,10H,3,5,7,9H2,1-2H3,(H,16,18)/b12-10+. The van der Waals surface area contributed by atoms with Crippen molar-refractivity contribution < 1.29 is 9.53 Å². The average molecular weight is 261 g/mol. The van der Waals surface area contributed by atoms with Crippen LogP contribution >= 0.6 is 0 Å². The number of nitrogens with zero attached hydrogens (tertiary/aromatic N) is 2. The zero-order valence-corrected chi connectivity index (χ0v) is 11.3. The molecule has 1 heterocycles. The molecule has 0 bridgehead atoms. The van der Waals surface area contributed by atoms with Gasteiger partial charge in [-0.05, 0) is 31.6 Å². The monoisotopic (exact) mass is 261 g/mol. The number of aromatic nitrogens is 1. The summed E-state index contributed by atoms with van der Waals surface area (Å²) >= 11 is 0. The first kappa shape index (κ1) is 15.0. The van der Waals surface area contributed by atoms with Gasteiger partial charge in [0.15, 0.2) is 0 Å². The predicted molar refractivity (Wildman–Crippen MR) is 73.1 cm³/mol. The van der Waals surface area contributed by atoms with E-state index in [0.29, 0.717) is 19.8 Å². The van der Waals surface area contributed by atoms with Crippen molar-refractivity contribution in [1.29, 1.82) is 5.26 Å². The number of nitrogens with one attached hydrogen (secondary N) is 1. The molecule has 0 fully saturated rings. The van der Waals surface area contributed by atoms with E-state index in [1.807, 2.05) is 42.9 Å². The second-order valence-corrected chi connectivity index (χ2v) is 4.02. The van der Waals surface area contributed by atoms with Crippen LogP contribution in [-0.2, 0) is 16.6 Å².